The van der Waals surface area contributed by atoms with Crippen LogP contribution in [0.4, 0.5) is 26.0 Å². The van der Waals surface area contributed by atoms with Gasteiger partial charge in [0.05, 0.1) is 36.0 Å². The molecule has 10 heteroatoms. The van der Waals surface area contributed by atoms with Crippen LogP contribution in [0.25, 0.3) is 11.1 Å². The predicted molar refractivity (Wildman–Crippen MR) is 135 cm³/mol. The minimum absolute atomic E-state index is 0.0391. The van der Waals surface area contributed by atoms with Crippen LogP contribution in [0, 0.1) is 5.95 Å². The maximum Gasteiger partial charge on any atom is 0.244 e. The lowest BCUT2D eigenvalue weighted by atomic mass is 9.97. The Kier molecular flexibility index (Phi) is 5.97. The number of amides is 2. The van der Waals surface area contributed by atoms with Crippen LogP contribution in [-0.2, 0) is 9.59 Å². The van der Waals surface area contributed by atoms with Crippen molar-refractivity contribution in [3.05, 3.63) is 65.9 Å². The van der Waals surface area contributed by atoms with Crippen LogP contribution in [0.2, 0.25) is 0 Å². The van der Waals surface area contributed by atoms with E-state index in [0.717, 1.165) is 0 Å². The van der Waals surface area contributed by atoms with Gasteiger partial charge in [0.15, 0.2) is 5.78 Å². The van der Waals surface area contributed by atoms with Gasteiger partial charge in [-0.2, -0.15) is 4.39 Å². The number of alkyl halides is 1. The lowest BCUT2D eigenvalue weighted by molar-refractivity contribution is -0.122. The second kappa shape index (κ2) is 9.02. The highest BCUT2D eigenvalue weighted by molar-refractivity contribution is 6.09. The molecule has 1 aromatic carbocycles. The molecule has 1 atom stereocenters. The second-order valence-corrected chi connectivity index (χ2v) is 9.70. The van der Waals surface area contributed by atoms with Gasteiger partial charge in [-0.25, -0.2) is 9.37 Å². The lowest BCUT2D eigenvalue weighted by Crippen LogP contribution is -2.57. The number of carbonyl (C=O) groups is 3. The third-order valence-corrected chi connectivity index (χ3v) is 6.63. The first kappa shape index (κ1) is 24.5. The Labute approximate surface area is 212 Å². The van der Waals surface area contributed by atoms with Gasteiger partial charge < -0.3 is 15.1 Å². The van der Waals surface area contributed by atoms with E-state index in [9.17, 15) is 18.8 Å². The van der Waals surface area contributed by atoms with Gasteiger partial charge in [-0.1, -0.05) is 6.07 Å². The van der Waals surface area contributed by atoms with Crippen LogP contribution in [-0.4, -0.2) is 52.9 Å². The van der Waals surface area contributed by atoms with E-state index in [2.05, 4.69) is 15.3 Å². The summed E-state index contributed by atoms with van der Waals surface area (Å²) in [4.78, 5) is 49.4. The van der Waals surface area contributed by atoms with Crippen molar-refractivity contribution in [1.29, 1.82) is 0 Å². The number of nitrogens with zero attached hydrogens (tertiary/aromatic N) is 4. The van der Waals surface area contributed by atoms with Crippen LogP contribution in [0.15, 0.2) is 48.7 Å². The van der Waals surface area contributed by atoms with Crippen LogP contribution in [0.5, 0.6) is 0 Å². The standard InChI is InChI=1S/C27H25F2N5O3/c1-15-24-19(5-4-10-30-24)23-20(11-21(32-25(23)28)33-13-27(3,29)14-33)34(26(15)37)12-22(36)31-18-8-6-17(7-9-18)16(2)35/h4-11,15H,12-14H2,1-3H3,(H,31,36). The van der Waals surface area contributed by atoms with Crippen molar-refractivity contribution in [2.75, 3.05) is 34.8 Å². The fraction of sp³-hybridized carbons (Fsp3) is 0.296. The van der Waals surface area contributed by atoms with Crippen molar-refractivity contribution >= 4 is 34.8 Å². The second-order valence-electron chi connectivity index (χ2n) is 9.70. The van der Waals surface area contributed by atoms with Crippen molar-refractivity contribution in [3.8, 4) is 11.1 Å². The number of anilines is 3. The minimum Gasteiger partial charge on any atom is -0.350 e. The molecule has 1 fully saturated rings. The number of hydrogen-bond donors (Lipinski definition) is 1. The molecule has 2 aliphatic rings. The molecule has 3 aromatic rings. The summed E-state index contributed by atoms with van der Waals surface area (Å²) >= 11 is 0. The van der Waals surface area contributed by atoms with Crippen molar-refractivity contribution in [3.63, 3.8) is 0 Å². The van der Waals surface area contributed by atoms with E-state index in [-0.39, 0.29) is 35.9 Å². The van der Waals surface area contributed by atoms with E-state index in [1.807, 2.05) is 0 Å². The van der Waals surface area contributed by atoms with Gasteiger partial charge >= 0.3 is 0 Å². The zero-order valence-electron chi connectivity index (χ0n) is 20.6. The van der Waals surface area contributed by atoms with Crippen LogP contribution in [0.3, 0.4) is 0 Å². The number of nitrogens with one attached hydrogen (secondary N) is 1. The fourth-order valence-electron chi connectivity index (χ4n) is 4.76. The molecule has 0 radical (unpaired) electrons. The maximum atomic E-state index is 15.6. The molecule has 0 saturated carbocycles. The molecule has 0 spiro atoms. The summed E-state index contributed by atoms with van der Waals surface area (Å²) < 4.78 is 29.8. The van der Waals surface area contributed by atoms with Crippen molar-refractivity contribution in [2.45, 2.75) is 32.4 Å². The molecule has 0 aliphatic carbocycles. The Balaban J connectivity index is 1.53. The Morgan fingerprint density at radius 2 is 1.89 bits per heavy atom. The SMILES string of the molecule is CC(=O)c1ccc(NC(=O)CN2C(=O)C(C)c3ncccc3-c3c2cc(N2CC(C)(F)C2)nc3F)cc1. The van der Waals surface area contributed by atoms with E-state index in [1.54, 1.807) is 48.2 Å². The van der Waals surface area contributed by atoms with Crippen LogP contribution < -0.4 is 15.1 Å². The number of fused-ring (bicyclic) bond motifs is 3. The molecule has 2 amide bonds. The lowest BCUT2D eigenvalue weighted by Gasteiger charge is -2.43. The van der Waals surface area contributed by atoms with Gasteiger partial charge in [0.1, 0.15) is 18.0 Å². The van der Waals surface area contributed by atoms with E-state index >= 15 is 4.39 Å². The summed E-state index contributed by atoms with van der Waals surface area (Å²) in [7, 11) is 0. The minimum atomic E-state index is -1.41. The smallest absolute Gasteiger partial charge is 0.244 e. The first-order valence-electron chi connectivity index (χ1n) is 11.9. The number of benzene rings is 1. The van der Waals surface area contributed by atoms with Gasteiger partial charge in [-0.15, -0.1) is 0 Å². The Morgan fingerprint density at radius 1 is 1.19 bits per heavy atom. The molecule has 4 heterocycles. The molecular weight excluding hydrogens is 480 g/mol. The molecular formula is C27H25F2N5O3. The first-order valence-corrected chi connectivity index (χ1v) is 11.9. The first-order chi connectivity index (χ1) is 17.5. The monoisotopic (exact) mass is 505 g/mol. The van der Waals surface area contributed by atoms with Crippen molar-refractivity contribution in [2.24, 2.45) is 0 Å². The Morgan fingerprint density at radius 3 is 2.54 bits per heavy atom. The van der Waals surface area contributed by atoms with E-state index in [4.69, 9.17) is 0 Å². The third kappa shape index (κ3) is 4.54. The van der Waals surface area contributed by atoms with E-state index in [0.29, 0.717) is 22.5 Å². The largest absolute Gasteiger partial charge is 0.350 e. The molecule has 190 valence electrons. The van der Waals surface area contributed by atoms with Gasteiger partial charge in [-0.05, 0) is 51.1 Å². The van der Waals surface area contributed by atoms with Crippen LogP contribution >= 0.6 is 0 Å². The zero-order chi connectivity index (χ0) is 26.5. The number of Topliss-reactive ketones (excluding diaryl/α,β-unsaturated/α-hetero) is 1. The highest BCUT2D eigenvalue weighted by atomic mass is 19.1. The normalized spacial score (nSPS) is 17.9. The average molecular weight is 506 g/mol. The van der Waals surface area contributed by atoms with E-state index < -0.39 is 35.9 Å². The molecule has 1 N–H and O–H groups in total. The number of rotatable bonds is 5. The highest BCUT2D eigenvalue weighted by Crippen LogP contribution is 2.43. The third-order valence-electron chi connectivity index (χ3n) is 6.63. The molecule has 8 nitrogen and oxygen atoms in total. The van der Waals surface area contributed by atoms with Gasteiger partial charge in [0, 0.05) is 29.1 Å². The predicted octanol–water partition coefficient (Wildman–Crippen LogP) is 4.12. The number of pyridine rings is 2. The van der Waals surface area contributed by atoms with Gasteiger partial charge in [-0.3, -0.25) is 19.4 Å². The number of carbonyl (C=O) groups excluding carboxylic acids is 3. The molecule has 2 aliphatic heterocycles. The van der Waals surface area contributed by atoms with Gasteiger partial charge in [0.2, 0.25) is 17.8 Å². The highest BCUT2D eigenvalue weighted by Gasteiger charge is 2.41. The average Bonchev–Trinajstić information content (AvgIpc) is 2.92. The molecule has 1 unspecified atom stereocenters. The molecule has 2 aromatic heterocycles. The molecule has 37 heavy (non-hydrogen) atoms. The molecule has 5 rings (SSSR count). The van der Waals surface area contributed by atoms with Gasteiger partial charge in [0.25, 0.3) is 0 Å². The van der Waals surface area contributed by atoms with E-state index in [1.165, 1.54) is 31.0 Å². The maximum absolute atomic E-state index is 15.6. The quantitative estimate of drug-likeness (QED) is 0.414. The summed E-state index contributed by atoms with van der Waals surface area (Å²) in [5, 5.41) is 2.72. The fourth-order valence-corrected chi connectivity index (χ4v) is 4.76. The zero-order valence-corrected chi connectivity index (χ0v) is 20.6. The summed E-state index contributed by atoms with van der Waals surface area (Å²) in [6, 6.07) is 11.2. The molecule has 1 saturated heterocycles. The Bertz CT molecular complexity index is 1420. The topological polar surface area (TPSA) is 95.5 Å². The number of halogens is 2. The van der Waals surface area contributed by atoms with Crippen molar-refractivity contribution < 1.29 is 23.2 Å². The number of hydrogen-bond acceptors (Lipinski definition) is 6. The molecule has 0 bridgehead atoms. The van der Waals surface area contributed by atoms with Crippen LogP contribution in [0.1, 0.15) is 42.7 Å². The number of aromatic nitrogens is 2. The number of ketones is 1. The summed E-state index contributed by atoms with van der Waals surface area (Å²) in [5.41, 5.74) is 0.553. The Hall–Kier alpha value is -4.21. The summed E-state index contributed by atoms with van der Waals surface area (Å²) in [6.45, 7) is 4.23. The summed E-state index contributed by atoms with van der Waals surface area (Å²) in [5.74, 6) is -2.46. The summed E-state index contributed by atoms with van der Waals surface area (Å²) in [6.07, 6.45) is 1.53. The van der Waals surface area contributed by atoms with Crippen molar-refractivity contribution in [1.82, 2.24) is 9.97 Å².